The maximum Gasteiger partial charge on any atom is 0.233 e. The molecule has 0 bridgehead atoms. The van der Waals surface area contributed by atoms with Crippen LogP contribution in [0.25, 0.3) is 0 Å². The summed E-state index contributed by atoms with van der Waals surface area (Å²) >= 11 is 5.64. The van der Waals surface area contributed by atoms with Gasteiger partial charge in [-0.2, -0.15) is 0 Å². The van der Waals surface area contributed by atoms with Crippen LogP contribution in [0.5, 0.6) is 0 Å². The van der Waals surface area contributed by atoms with E-state index >= 15 is 0 Å². The SMILES string of the molecule is O=C(Nc1ccc(Cl)c(F)c1)C1CNCc2ccccc21. The Hall–Kier alpha value is -1.91. The van der Waals surface area contributed by atoms with Crippen LogP contribution in [0.15, 0.2) is 42.5 Å². The van der Waals surface area contributed by atoms with Crippen LogP contribution in [-0.4, -0.2) is 12.5 Å². The van der Waals surface area contributed by atoms with Gasteiger partial charge in [0.15, 0.2) is 0 Å². The fraction of sp³-hybridized carbons (Fsp3) is 0.188. The zero-order valence-electron chi connectivity index (χ0n) is 11.2. The number of anilines is 1. The van der Waals surface area contributed by atoms with E-state index in [-0.39, 0.29) is 16.8 Å². The molecule has 2 aromatic rings. The Balaban J connectivity index is 1.81. The number of amides is 1. The van der Waals surface area contributed by atoms with Crippen molar-refractivity contribution in [3.63, 3.8) is 0 Å². The van der Waals surface area contributed by atoms with Gasteiger partial charge in [0.05, 0.1) is 10.9 Å². The molecule has 3 rings (SSSR count). The highest BCUT2D eigenvalue weighted by Crippen LogP contribution is 2.26. The maximum absolute atomic E-state index is 13.4. The van der Waals surface area contributed by atoms with Crippen LogP contribution in [0.2, 0.25) is 5.02 Å². The van der Waals surface area contributed by atoms with Crippen LogP contribution in [0.3, 0.4) is 0 Å². The minimum absolute atomic E-state index is 0.0395. The van der Waals surface area contributed by atoms with Crippen molar-refractivity contribution in [1.29, 1.82) is 0 Å². The summed E-state index contributed by atoms with van der Waals surface area (Å²) in [5, 5.41) is 6.00. The minimum Gasteiger partial charge on any atom is -0.325 e. The molecule has 1 heterocycles. The van der Waals surface area contributed by atoms with E-state index < -0.39 is 5.82 Å². The second kappa shape index (κ2) is 5.84. The molecule has 21 heavy (non-hydrogen) atoms. The van der Waals surface area contributed by atoms with E-state index in [1.165, 1.54) is 12.1 Å². The molecule has 1 aliphatic rings. The number of carbonyl (C=O) groups is 1. The van der Waals surface area contributed by atoms with Gasteiger partial charge in [0, 0.05) is 18.8 Å². The number of benzene rings is 2. The molecule has 2 aromatic carbocycles. The van der Waals surface area contributed by atoms with Crippen LogP contribution in [0.4, 0.5) is 10.1 Å². The molecule has 3 nitrogen and oxygen atoms in total. The highest BCUT2D eigenvalue weighted by atomic mass is 35.5. The zero-order valence-corrected chi connectivity index (χ0v) is 12.0. The van der Waals surface area contributed by atoms with Crippen LogP contribution in [-0.2, 0) is 11.3 Å². The summed E-state index contributed by atoms with van der Waals surface area (Å²) in [7, 11) is 0. The lowest BCUT2D eigenvalue weighted by Gasteiger charge is -2.25. The van der Waals surface area contributed by atoms with Gasteiger partial charge in [-0.3, -0.25) is 4.79 Å². The Morgan fingerprint density at radius 3 is 2.90 bits per heavy atom. The number of carbonyl (C=O) groups excluding carboxylic acids is 1. The molecule has 1 atom stereocenters. The Morgan fingerprint density at radius 1 is 1.29 bits per heavy atom. The van der Waals surface area contributed by atoms with Gasteiger partial charge in [-0.05, 0) is 29.3 Å². The van der Waals surface area contributed by atoms with E-state index in [2.05, 4.69) is 10.6 Å². The third-order valence-corrected chi connectivity index (χ3v) is 3.90. The quantitative estimate of drug-likeness (QED) is 0.894. The van der Waals surface area contributed by atoms with Crippen molar-refractivity contribution in [1.82, 2.24) is 5.32 Å². The lowest BCUT2D eigenvalue weighted by atomic mass is 9.90. The van der Waals surface area contributed by atoms with E-state index in [0.29, 0.717) is 12.2 Å². The van der Waals surface area contributed by atoms with Crippen LogP contribution >= 0.6 is 11.6 Å². The first-order valence-electron chi connectivity index (χ1n) is 6.69. The van der Waals surface area contributed by atoms with Crippen molar-refractivity contribution in [2.75, 3.05) is 11.9 Å². The van der Waals surface area contributed by atoms with Gasteiger partial charge in [0.25, 0.3) is 0 Å². The lowest BCUT2D eigenvalue weighted by molar-refractivity contribution is -0.117. The number of hydrogen-bond donors (Lipinski definition) is 2. The van der Waals surface area contributed by atoms with E-state index in [1.807, 2.05) is 24.3 Å². The third-order valence-electron chi connectivity index (χ3n) is 3.60. The van der Waals surface area contributed by atoms with Crippen molar-refractivity contribution in [2.45, 2.75) is 12.5 Å². The minimum atomic E-state index is -0.545. The smallest absolute Gasteiger partial charge is 0.233 e. The molecule has 0 saturated heterocycles. The van der Waals surface area contributed by atoms with Gasteiger partial charge >= 0.3 is 0 Å². The van der Waals surface area contributed by atoms with Crippen molar-refractivity contribution < 1.29 is 9.18 Å². The Bertz CT molecular complexity index is 690. The standard InChI is InChI=1S/C16H14ClFN2O/c17-14-6-5-11(7-15(14)18)20-16(21)13-9-19-8-10-3-1-2-4-12(10)13/h1-7,13,19H,8-9H2,(H,20,21). The van der Waals surface area contributed by atoms with Crippen molar-refractivity contribution in [2.24, 2.45) is 0 Å². The molecule has 108 valence electrons. The second-order valence-corrected chi connectivity index (χ2v) is 5.41. The predicted molar refractivity (Wildman–Crippen MR) is 80.9 cm³/mol. The monoisotopic (exact) mass is 304 g/mol. The summed E-state index contributed by atoms with van der Waals surface area (Å²) in [5.41, 5.74) is 2.54. The molecule has 1 unspecified atom stereocenters. The molecule has 0 fully saturated rings. The number of rotatable bonds is 2. The number of halogens is 2. The highest BCUT2D eigenvalue weighted by Gasteiger charge is 2.26. The molecule has 0 aliphatic carbocycles. The molecule has 0 saturated carbocycles. The van der Waals surface area contributed by atoms with Gasteiger partial charge in [0.2, 0.25) is 5.91 Å². The Morgan fingerprint density at radius 2 is 2.10 bits per heavy atom. The first kappa shape index (κ1) is 14.0. The van der Waals surface area contributed by atoms with Crippen LogP contribution < -0.4 is 10.6 Å². The third kappa shape index (κ3) is 2.91. The van der Waals surface area contributed by atoms with Gasteiger partial charge in [-0.25, -0.2) is 4.39 Å². The second-order valence-electron chi connectivity index (χ2n) is 5.00. The first-order chi connectivity index (χ1) is 10.1. The molecule has 2 N–H and O–H groups in total. The number of hydrogen-bond acceptors (Lipinski definition) is 2. The topological polar surface area (TPSA) is 41.1 Å². The molecular formula is C16H14ClFN2O. The summed E-state index contributed by atoms with van der Waals surface area (Å²) in [6.07, 6.45) is 0. The van der Waals surface area contributed by atoms with E-state index in [4.69, 9.17) is 11.6 Å². The fourth-order valence-corrected chi connectivity index (χ4v) is 2.65. The van der Waals surface area contributed by atoms with E-state index in [9.17, 15) is 9.18 Å². The maximum atomic E-state index is 13.4. The van der Waals surface area contributed by atoms with E-state index in [0.717, 1.165) is 17.7 Å². The van der Waals surface area contributed by atoms with E-state index in [1.54, 1.807) is 6.07 Å². The first-order valence-corrected chi connectivity index (χ1v) is 7.07. The zero-order chi connectivity index (χ0) is 14.8. The normalized spacial score (nSPS) is 17.1. The Kier molecular flexibility index (Phi) is 3.90. The average Bonchev–Trinajstić information content (AvgIpc) is 2.50. The number of fused-ring (bicyclic) bond motifs is 1. The molecule has 5 heteroatoms. The highest BCUT2D eigenvalue weighted by molar-refractivity contribution is 6.30. The van der Waals surface area contributed by atoms with Crippen molar-refractivity contribution >= 4 is 23.2 Å². The molecule has 0 radical (unpaired) electrons. The molecule has 1 amide bonds. The van der Waals surface area contributed by atoms with Crippen molar-refractivity contribution in [3.05, 3.63) is 64.4 Å². The molecule has 1 aliphatic heterocycles. The predicted octanol–water partition coefficient (Wildman–Crippen LogP) is 3.30. The van der Waals surface area contributed by atoms with Crippen LogP contribution in [0.1, 0.15) is 17.0 Å². The van der Waals surface area contributed by atoms with Gasteiger partial charge in [0.1, 0.15) is 5.82 Å². The molecule has 0 aromatic heterocycles. The number of nitrogens with one attached hydrogen (secondary N) is 2. The summed E-state index contributed by atoms with van der Waals surface area (Å²) in [4.78, 5) is 12.4. The summed E-state index contributed by atoms with van der Waals surface area (Å²) in [5.74, 6) is -0.985. The van der Waals surface area contributed by atoms with Crippen LogP contribution in [0, 0.1) is 5.82 Å². The molecule has 0 spiro atoms. The van der Waals surface area contributed by atoms with Crippen molar-refractivity contribution in [3.8, 4) is 0 Å². The Labute approximate surface area is 127 Å². The summed E-state index contributed by atoms with van der Waals surface area (Å²) in [6.45, 7) is 1.33. The summed E-state index contributed by atoms with van der Waals surface area (Å²) < 4.78 is 13.4. The molecular weight excluding hydrogens is 291 g/mol. The van der Waals surface area contributed by atoms with Gasteiger partial charge in [-0.15, -0.1) is 0 Å². The summed E-state index contributed by atoms with van der Waals surface area (Å²) in [6, 6.07) is 12.1. The average molecular weight is 305 g/mol. The fourth-order valence-electron chi connectivity index (χ4n) is 2.53. The lowest BCUT2D eigenvalue weighted by Crippen LogP contribution is -2.35. The van der Waals surface area contributed by atoms with Gasteiger partial charge in [-0.1, -0.05) is 35.9 Å². The largest absolute Gasteiger partial charge is 0.325 e. The van der Waals surface area contributed by atoms with Gasteiger partial charge < -0.3 is 10.6 Å².